The molecular weight excluding hydrogens is 446 g/mol. The highest BCUT2D eigenvalue weighted by atomic mass is 79.9. The van der Waals surface area contributed by atoms with Crippen LogP contribution in [0.5, 0.6) is 0 Å². The van der Waals surface area contributed by atoms with E-state index in [2.05, 4.69) is 56.6 Å². The quantitative estimate of drug-likeness (QED) is 0.381. The lowest BCUT2D eigenvalue weighted by atomic mass is 10.3. The minimum absolute atomic E-state index is 0.0371. The van der Waals surface area contributed by atoms with Gasteiger partial charge >= 0.3 is 0 Å². The second-order valence-corrected chi connectivity index (χ2v) is 5.86. The predicted molar refractivity (Wildman–Crippen MR) is 80.1 cm³/mol. The van der Waals surface area contributed by atoms with Crippen LogP contribution < -0.4 is 4.90 Å². The maximum atomic E-state index is 13.1. The van der Waals surface area contributed by atoms with Gasteiger partial charge in [-0.2, -0.15) is 0 Å². The van der Waals surface area contributed by atoms with Crippen LogP contribution >= 0.6 is 31.9 Å². The van der Waals surface area contributed by atoms with Gasteiger partial charge in [-0.3, -0.25) is 4.63 Å². The van der Waals surface area contributed by atoms with Gasteiger partial charge in [0.25, 0.3) is 11.0 Å². The summed E-state index contributed by atoms with van der Waals surface area (Å²) in [6, 6.07) is 6.13. The first kappa shape index (κ1) is 15.7. The summed E-state index contributed by atoms with van der Waals surface area (Å²) in [6.45, 7) is 0. The van der Waals surface area contributed by atoms with Gasteiger partial charge in [0.2, 0.25) is 0 Å². The summed E-state index contributed by atoms with van der Waals surface area (Å²) < 4.78 is 35.3. The highest BCUT2D eigenvalue weighted by molar-refractivity contribution is 9.10. The van der Waals surface area contributed by atoms with Crippen LogP contribution in [0.2, 0.25) is 0 Å². The number of benzene rings is 2. The van der Waals surface area contributed by atoms with Crippen molar-refractivity contribution in [1.82, 2.24) is 15.5 Å². The van der Waals surface area contributed by atoms with E-state index >= 15 is 0 Å². The number of nitrogens with zero attached hydrogens (tertiary/aromatic N) is 4. The molecule has 23 heavy (non-hydrogen) atoms. The molecule has 4 aromatic rings. The zero-order valence-electron chi connectivity index (χ0n) is 10.8. The van der Waals surface area contributed by atoms with E-state index in [1.54, 1.807) is 12.1 Å². The van der Waals surface area contributed by atoms with Gasteiger partial charge in [0.1, 0.15) is 5.52 Å². The highest BCUT2D eigenvalue weighted by Gasteiger charge is 2.16. The molecule has 0 radical (unpaired) electrons. The molecule has 0 unspecified atom stereocenters. The molecule has 0 fully saturated rings. The number of rotatable bonds is 0. The third-order valence-corrected chi connectivity index (χ3v) is 3.99. The molecule has 4 rings (SSSR count). The van der Waals surface area contributed by atoms with Crippen molar-refractivity contribution in [3.8, 4) is 0 Å². The molecule has 2 aromatic heterocycles. The lowest BCUT2D eigenvalue weighted by molar-refractivity contribution is -0.782. The Kier molecular flexibility index (Phi) is 4.22. The first-order valence-corrected chi connectivity index (χ1v) is 7.47. The van der Waals surface area contributed by atoms with E-state index in [9.17, 15) is 14.0 Å². The Hall–Kier alpha value is -2.14. The predicted octanol–water partition coefficient (Wildman–Crippen LogP) is 3.49. The number of hydrogen-bond donors (Lipinski definition) is 0. The van der Waals surface area contributed by atoms with E-state index in [0.717, 1.165) is 0 Å². The topological polar surface area (TPSA) is 91.9 Å². The van der Waals surface area contributed by atoms with E-state index in [0.29, 0.717) is 9.99 Å². The number of hydrogen-bond acceptors (Lipinski definition) is 6. The first-order valence-electron chi connectivity index (χ1n) is 5.88. The fourth-order valence-electron chi connectivity index (χ4n) is 1.69. The summed E-state index contributed by atoms with van der Waals surface area (Å²) in [5.74, 6) is -1.10. The molecule has 0 amide bonds. The van der Waals surface area contributed by atoms with Crippen LogP contribution in [0.1, 0.15) is 0 Å². The Bertz CT molecular complexity index is 1000. The smallest absolute Gasteiger partial charge is 0.262 e. The molecule has 2 heterocycles. The molecule has 0 N–H and O–H groups in total. The van der Waals surface area contributed by atoms with Gasteiger partial charge in [0.15, 0.2) is 17.2 Å². The molecule has 0 bridgehead atoms. The summed E-state index contributed by atoms with van der Waals surface area (Å²) in [4.78, 5) is 0.0371. The van der Waals surface area contributed by atoms with Crippen LogP contribution in [-0.2, 0) is 0 Å². The number of halogens is 4. The van der Waals surface area contributed by atoms with Crippen molar-refractivity contribution >= 4 is 53.9 Å². The van der Waals surface area contributed by atoms with E-state index in [-0.39, 0.29) is 25.9 Å². The average molecular weight is 450 g/mol. The third-order valence-electron chi connectivity index (χ3n) is 2.76. The van der Waals surface area contributed by atoms with E-state index in [1.807, 2.05) is 0 Å². The molecule has 7 nitrogen and oxygen atoms in total. The Morgan fingerprint density at radius 3 is 2.30 bits per heavy atom. The van der Waals surface area contributed by atoms with Crippen molar-refractivity contribution in [3.63, 3.8) is 0 Å². The minimum atomic E-state index is -0.663. The third kappa shape index (κ3) is 2.88. The molecule has 0 saturated carbocycles. The van der Waals surface area contributed by atoms with Crippen LogP contribution in [0.4, 0.5) is 8.78 Å². The standard InChI is InChI=1S/C6H2BrFN2O2.C6H2BrFN2O/c7-3-1-2-4-6(5(3)8)10(11)12-9-4;7-3-1-2-4-6(5(3)8)10-11-9-4/h1-2H;1-2H. The molecule has 2 aromatic carbocycles. The molecule has 0 aliphatic rings. The summed E-state index contributed by atoms with van der Waals surface area (Å²) in [6.07, 6.45) is 0. The molecular formula is C12H4Br2F2N4O3. The summed E-state index contributed by atoms with van der Waals surface area (Å²) in [5.41, 5.74) is 0.583. The van der Waals surface area contributed by atoms with E-state index < -0.39 is 11.6 Å². The maximum Gasteiger partial charge on any atom is 0.262 e. The van der Waals surface area contributed by atoms with Crippen LogP contribution in [0.15, 0.2) is 42.5 Å². The van der Waals surface area contributed by atoms with Gasteiger partial charge in [-0.05, 0) is 71.3 Å². The fourth-order valence-corrected chi connectivity index (χ4v) is 2.33. The van der Waals surface area contributed by atoms with Gasteiger partial charge < -0.3 is 5.21 Å². The summed E-state index contributed by atoms with van der Waals surface area (Å²) in [5, 5.41) is 21.0. The number of fused-ring (bicyclic) bond motifs is 2. The largest absolute Gasteiger partial charge is 0.359 e. The molecule has 0 atom stereocenters. The lowest BCUT2D eigenvalue weighted by Gasteiger charge is -1.91. The number of aromatic nitrogens is 4. The van der Waals surface area contributed by atoms with Crippen molar-refractivity contribution in [3.05, 3.63) is 50.1 Å². The van der Waals surface area contributed by atoms with Crippen LogP contribution in [-0.4, -0.2) is 15.5 Å². The second kappa shape index (κ2) is 6.16. The van der Waals surface area contributed by atoms with Crippen molar-refractivity contribution in [2.75, 3.05) is 0 Å². The van der Waals surface area contributed by atoms with Gasteiger partial charge in [-0.25, -0.2) is 13.4 Å². The Morgan fingerprint density at radius 1 is 0.913 bits per heavy atom. The highest BCUT2D eigenvalue weighted by Crippen LogP contribution is 2.22. The Morgan fingerprint density at radius 2 is 1.57 bits per heavy atom. The molecule has 0 spiro atoms. The van der Waals surface area contributed by atoms with Gasteiger partial charge in [0, 0.05) is 5.16 Å². The Labute approximate surface area is 142 Å². The van der Waals surface area contributed by atoms with Gasteiger partial charge in [-0.15, -0.1) is 0 Å². The molecule has 0 aliphatic carbocycles. The second-order valence-electron chi connectivity index (χ2n) is 4.15. The molecule has 0 aliphatic heterocycles. The van der Waals surface area contributed by atoms with Crippen molar-refractivity contribution in [2.24, 2.45) is 0 Å². The van der Waals surface area contributed by atoms with Gasteiger partial charge in [0.05, 0.1) is 8.95 Å². The zero-order valence-corrected chi connectivity index (χ0v) is 14.0. The molecule has 0 saturated heterocycles. The van der Waals surface area contributed by atoms with Crippen LogP contribution in [0.3, 0.4) is 0 Å². The molecule has 11 heteroatoms. The van der Waals surface area contributed by atoms with Crippen molar-refractivity contribution in [1.29, 1.82) is 0 Å². The monoisotopic (exact) mass is 448 g/mol. The van der Waals surface area contributed by atoms with Crippen molar-refractivity contribution < 1.29 is 22.9 Å². The summed E-state index contributed by atoms with van der Waals surface area (Å²) >= 11 is 5.96. The molecule has 118 valence electrons. The van der Waals surface area contributed by atoms with Crippen LogP contribution in [0.25, 0.3) is 22.1 Å². The lowest BCUT2D eigenvalue weighted by Crippen LogP contribution is -2.23. The van der Waals surface area contributed by atoms with Crippen molar-refractivity contribution in [2.45, 2.75) is 0 Å². The van der Waals surface area contributed by atoms with E-state index in [4.69, 9.17) is 0 Å². The summed E-state index contributed by atoms with van der Waals surface area (Å²) in [7, 11) is 0. The Balaban J connectivity index is 0.000000136. The van der Waals surface area contributed by atoms with E-state index in [1.165, 1.54) is 12.1 Å². The minimum Gasteiger partial charge on any atom is -0.359 e. The first-order chi connectivity index (χ1) is 11.0. The zero-order chi connectivity index (χ0) is 16.6. The maximum absolute atomic E-state index is 13.1. The van der Waals surface area contributed by atoms with Gasteiger partial charge in [-0.1, -0.05) is 0 Å². The fraction of sp³-hybridized carbons (Fsp3) is 0. The average Bonchev–Trinajstić information content (AvgIpc) is 3.15. The van der Waals surface area contributed by atoms with Crippen LogP contribution in [0, 0.1) is 16.8 Å². The normalized spacial score (nSPS) is 10.8. The SMILES string of the molecule is Fc1c(Br)ccc2nonc12.[O-][n+]1onc2ccc(Br)c(F)c21.